The van der Waals surface area contributed by atoms with Crippen LogP contribution in [0, 0.1) is 0 Å². The summed E-state index contributed by atoms with van der Waals surface area (Å²) in [4.78, 5) is 5.07. The average molecular weight is 263 g/mol. The molecule has 1 aliphatic heterocycles. The van der Waals surface area contributed by atoms with Gasteiger partial charge in [0.25, 0.3) is 0 Å². The topological polar surface area (TPSA) is 6.48 Å². The summed E-state index contributed by atoms with van der Waals surface area (Å²) in [5, 5.41) is 1.14. The average Bonchev–Trinajstić information content (AvgIpc) is 2.11. The van der Waals surface area contributed by atoms with Gasteiger partial charge in [-0.25, -0.2) is 0 Å². The van der Waals surface area contributed by atoms with Crippen LogP contribution >= 0.6 is 15.9 Å². The lowest BCUT2D eigenvalue weighted by Gasteiger charge is -2.45. The summed E-state index contributed by atoms with van der Waals surface area (Å²) in [7, 11) is 2.23. The maximum Gasteiger partial charge on any atom is 0.0277 e. The Morgan fingerprint density at radius 2 is 1.93 bits per heavy atom. The largest absolute Gasteiger partial charge is 0.300 e. The molecule has 0 saturated carbocycles. The van der Waals surface area contributed by atoms with Gasteiger partial charge in [-0.1, -0.05) is 15.9 Å². The van der Waals surface area contributed by atoms with Crippen LogP contribution < -0.4 is 0 Å². The molecule has 0 aliphatic carbocycles. The van der Waals surface area contributed by atoms with Crippen LogP contribution in [0.3, 0.4) is 0 Å². The van der Waals surface area contributed by atoms with Crippen molar-refractivity contribution in [2.75, 3.05) is 38.6 Å². The Morgan fingerprint density at radius 3 is 2.50 bits per heavy atom. The summed E-state index contributed by atoms with van der Waals surface area (Å²) in [5.41, 5.74) is 0.354. The van der Waals surface area contributed by atoms with Gasteiger partial charge in [0, 0.05) is 30.5 Å². The van der Waals surface area contributed by atoms with Crippen LogP contribution in [0.2, 0.25) is 0 Å². The Morgan fingerprint density at radius 1 is 1.21 bits per heavy atom. The van der Waals surface area contributed by atoms with Crippen molar-refractivity contribution < 1.29 is 0 Å². The fraction of sp³-hybridized carbons (Fsp3) is 1.00. The second-order valence-electron chi connectivity index (χ2n) is 4.91. The predicted octanol–water partition coefficient (Wildman–Crippen LogP) is 2.19. The zero-order chi connectivity index (χ0) is 10.6. The van der Waals surface area contributed by atoms with Crippen LogP contribution in [0.15, 0.2) is 0 Å². The van der Waals surface area contributed by atoms with Crippen molar-refractivity contribution in [2.24, 2.45) is 0 Å². The van der Waals surface area contributed by atoms with E-state index in [1.807, 2.05) is 0 Å². The molecule has 0 amide bonds. The number of unbranched alkanes of at least 4 members (excludes halogenated alkanes) is 1. The lowest BCUT2D eigenvalue weighted by atomic mass is 9.99. The smallest absolute Gasteiger partial charge is 0.0277 e. The Bertz CT molecular complexity index is 171. The molecular weight excluding hydrogens is 240 g/mol. The minimum Gasteiger partial charge on any atom is -0.300 e. The third kappa shape index (κ3) is 3.52. The van der Waals surface area contributed by atoms with Gasteiger partial charge in [0.2, 0.25) is 0 Å². The van der Waals surface area contributed by atoms with Crippen LogP contribution in [0.5, 0.6) is 0 Å². The third-order valence-corrected chi connectivity index (χ3v) is 3.81. The van der Waals surface area contributed by atoms with E-state index in [0.717, 1.165) is 5.33 Å². The minimum atomic E-state index is 0.354. The number of hydrogen-bond acceptors (Lipinski definition) is 2. The van der Waals surface area contributed by atoms with E-state index in [9.17, 15) is 0 Å². The number of alkyl halides is 1. The molecule has 0 bridgehead atoms. The highest BCUT2D eigenvalue weighted by Crippen LogP contribution is 2.18. The molecule has 0 radical (unpaired) electrons. The van der Waals surface area contributed by atoms with E-state index in [0.29, 0.717) is 5.54 Å². The number of hydrogen-bond donors (Lipinski definition) is 0. The van der Waals surface area contributed by atoms with Crippen molar-refractivity contribution in [1.82, 2.24) is 9.80 Å². The van der Waals surface area contributed by atoms with E-state index in [2.05, 4.69) is 46.6 Å². The van der Waals surface area contributed by atoms with Gasteiger partial charge in [0.15, 0.2) is 0 Å². The van der Waals surface area contributed by atoms with Gasteiger partial charge in [-0.3, -0.25) is 4.90 Å². The van der Waals surface area contributed by atoms with Gasteiger partial charge in [0.05, 0.1) is 0 Å². The Kier molecular flexibility index (Phi) is 4.88. The first-order valence-electron chi connectivity index (χ1n) is 5.56. The van der Waals surface area contributed by atoms with Gasteiger partial charge < -0.3 is 4.90 Å². The second-order valence-corrected chi connectivity index (χ2v) is 5.70. The molecule has 0 aromatic rings. The van der Waals surface area contributed by atoms with E-state index in [1.54, 1.807) is 0 Å². The maximum atomic E-state index is 3.48. The van der Waals surface area contributed by atoms with E-state index in [4.69, 9.17) is 0 Å². The maximum absolute atomic E-state index is 3.48. The van der Waals surface area contributed by atoms with Crippen molar-refractivity contribution in [3.05, 3.63) is 0 Å². The zero-order valence-corrected chi connectivity index (χ0v) is 11.3. The van der Waals surface area contributed by atoms with Crippen molar-refractivity contribution >= 4 is 15.9 Å². The molecule has 2 nitrogen and oxygen atoms in total. The molecule has 0 unspecified atom stereocenters. The summed E-state index contributed by atoms with van der Waals surface area (Å²) < 4.78 is 0. The Labute approximate surface area is 96.8 Å². The molecule has 84 valence electrons. The van der Waals surface area contributed by atoms with Crippen LogP contribution in [0.25, 0.3) is 0 Å². The molecule has 1 aliphatic rings. The van der Waals surface area contributed by atoms with Gasteiger partial charge in [-0.05, 0) is 40.3 Å². The zero-order valence-electron chi connectivity index (χ0n) is 9.72. The monoisotopic (exact) mass is 262 g/mol. The number of rotatable bonds is 4. The van der Waals surface area contributed by atoms with E-state index in [-0.39, 0.29) is 0 Å². The van der Waals surface area contributed by atoms with Crippen LogP contribution in [-0.4, -0.2) is 53.9 Å². The highest BCUT2D eigenvalue weighted by Gasteiger charge is 2.30. The normalized spacial score (nSPS) is 24.0. The number of likely N-dealkylation sites (N-methyl/N-ethyl adjacent to an activating group) is 1. The first-order valence-corrected chi connectivity index (χ1v) is 6.68. The Hall–Kier alpha value is 0.400. The molecule has 1 saturated heterocycles. The molecular formula is C11H23BrN2. The van der Waals surface area contributed by atoms with Crippen LogP contribution in [-0.2, 0) is 0 Å². The first kappa shape index (κ1) is 12.5. The van der Waals surface area contributed by atoms with E-state index >= 15 is 0 Å². The minimum absolute atomic E-state index is 0.354. The molecule has 3 heteroatoms. The SMILES string of the molecule is CN1CCN(CCCCBr)CC1(C)C. The standard InChI is InChI=1S/C11H23BrN2/c1-11(2)10-14(7-5-4-6-12)9-8-13(11)3/h4-10H2,1-3H3. The number of piperazine rings is 1. The summed E-state index contributed by atoms with van der Waals surface area (Å²) in [6, 6.07) is 0. The third-order valence-electron chi connectivity index (χ3n) is 3.25. The van der Waals surface area contributed by atoms with Gasteiger partial charge in [0.1, 0.15) is 0 Å². The molecule has 0 aromatic carbocycles. The number of halogens is 1. The lowest BCUT2D eigenvalue weighted by molar-refractivity contribution is 0.0395. The summed E-state index contributed by atoms with van der Waals surface area (Å²) >= 11 is 3.48. The number of nitrogens with zero attached hydrogens (tertiary/aromatic N) is 2. The van der Waals surface area contributed by atoms with E-state index < -0.39 is 0 Å². The first-order chi connectivity index (χ1) is 6.56. The highest BCUT2D eigenvalue weighted by atomic mass is 79.9. The molecule has 0 spiro atoms. The van der Waals surface area contributed by atoms with E-state index in [1.165, 1.54) is 39.0 Å². The molecule has 1 rings (SSSR count). The molecule has 0 N–H and O–H groups in total. The molecule has 1 fully saturated rings. The van der Waals surface area contributed by atoms with Crippen LogP contribution in [0.4, 0.5) is 0 Å². The fourth-order valence-electron chi connectivity index (χ4n) is 1.96. The predicted molar refractivity (Wildman–Crippen MR) is 66.2 cm³/mol. The molecule has 1 heterocycles. The highest BCUT2D eigenvalue weighted by molar-refractivity contribution is 9.09. The summed E-state index contributed by atoms with van der Waals surface area (Å²) in [5.74, 6) is 0. The van der Waals surface area contributed by atoms with Gasteiger partial charge in [-0.2, -0.15) is 0 Å². The quantitative estimate of drug-likeness (QED) is 0.566. The van der Waals surface area contributed by atoms with Crippen LogP contribution in [0.1, 0.15) is 26.7 Å². The van der Waals surface area contributed by atoms with Gasteiger partial charge in [-0.15, -0.1) is 0 Å². The molecule has 0 aromatic heterocycles. The summed E-state index contributed by atoms with van der Waals surface area (Å²) in [6.45, 7) is 9.60. The van der Waals surface area contributed by atoms with Crippen molar-refractivity contribution in [1.29, 1.82) is 0 Å². The second kappa shape index (κ2) is 5.47. The lowest BCUT2D eigenvalue weighted by Crippen LogP contribution is -2.57. The molecule has 14 heavy (non-hydrogen) atoms. The van der Waals surface area contributed by atoms with Crippen molar-refractivity contribution in [3.8, 4) is 0 Å². The summed E-state index contributed by atoms with van der Waals surface area (Å²) in [6.07, 6.45) is 2.62. The van der Waals surface area contributed by atoms with Crippen molar-refractivity contribution in [3.63, 3.8) is 0 Å². The molecule has 0 atom stereocenters. The fourth-order valence-corrected chi connectivity index (χ4v) is 2.36. The Balaban J connectivity index is 2.29. The van der Waals surface area contributed by atoms with Gasteiger partial charge >= 0.3 is 0 Å². The van der Waals surface area contributed by atoms with Crippen molar-refractivity contribution in [2.45, 2.75) is 32.2 Å².